The minimum absolute atomic E-state index is 0.100. The summed E-state index contributed by atoms with van der Waals surface area (Å²) in [6, 6.07) is 16.1. The fraction of sp³-hybridized carbons (Fsp3) is 0.214. The van der Waals surface area contributed by atoms with Crippen LogP contribution in [0.2, 0.25) is 5.02 Å². The molecule has 38 heavy (non-hydrogen) atoms. The van der Waals surface area contributed by atoms with Gasteiger partial charge in [0.2, 0.25) is 0 Å². The zero-order valence-electron chi connectivity index (χ0n) is 20.5. The van der Waals surface area contributed by atoms with Crippen molar-refractivity contribution < 1.29 is 37.0 Å². The lowest BCUT2D eigenvalue weighted by Gasteiger charge is -2.12. The first-order valence-corrected chi connectivity index (χ1v) is 12.1. The fourth-order valence-electron chi connectivity index (χ4n) is 4.09. The normalized spacial score (nSPS) is 11.4. The molecule has 6 nitrogen and oxygen atoms in total. The number of carbonyl (C=O) groups excluding carboxylic acids is 2. The standard InChI is InChI=1S/C28H23ClF3NO5/c1-3-36-25(34)16-24-26(27(35)37-4-2)22-15-21(38-20-10-8-17(9-11-20)28(30,31)32)12-13-23(22)33(24)19-7-5-6-18(29)14-19/h5-15H,3-4,16H2,1-2H3. The number of rotatable bonds is 8. The number of hydrogen-bond donors (Lipinski definition) is 0. The van der Waals surface area contributed by atoms with E-state index in [9.17, 15) is 22.8 Å². The summed E-state index contributed by atoms with van der Waals surface area (Å²) >= 11 is 6.24. The predicted molar refractivity (Wildman–Crippen MR) is 136 cm³/mol. The van der Waals surface area contributed by atoms with Crippen LogP contribution >= 0.6 is 11.6 Å². The summed E-state index contributed by atoms with van der Waals surface area (Å²) in [5.41, 5.74) is 0.855. The summed E-state index contributed by atoms with van der Waals surface area (Å²) in [4.78, 5) is 25.7. The highest BCUT2D eigenvalue weighted by molar-refractivity contribution is 6.30. The van der Waals surface area contributed by atoms with Crippen LogP contribution in [-0.4, -0.2) is 29.7 Å². The van der Waals surface area contributed by atoms with Crippen molar-refractivity contribution >= 4 is 34.4 Å². The largest absolute Gasteiger partial charge is 0.466 e. The summed E-state index contributed by atoms with van der Waals surface area (Å²) < 4.78 is 56.8. The lowest BCUT2D eigenvalue weighted by molar-refractivity contribution is -0.142. The molecule has 1 heterocycles. The van der Waals surface area contributed by atoms with Crippen LogP contribution in [-0.2, 0) is 26.9 Å². The number of nitrogens with zero attached hydrogens (tertiary/aromatic N) is 1. The van der Waals surface area contributed by atoms with Gasteiger partial charge in [-0.3, -0.25) is 4.79 Å². The Balaban J connectivity index is 1.88. The van der Waals surface area contributed by atoms with Crippen LogP contribution in [0.25, 0.3) is 16.6 Å². The Morgan fingerprint density at radius 2 is 1.58 bits per heavy atom. The van der Waals surface area contributed by atoms with Gasteiger partial charge in [0.05, 0.1) is 36.3 Å². The van der Waals surface area contributed by atoms with Gasteiger partial charge < -0.3 is 18.8 Å². The second-order valence-electron chi connectivity index (χ2n) is 8.14. The predicted octanol–water partition coefficient (Wildman–Crippen LogP) is 7.38. The molecule has 4 rings (SSSR count). The number of aromatic nitrogens is 1. The molecule has 0 unspecified atom stereocenters. The lowest BCUT2D eigenvalue weighted by atomic mass is 10.1. The maximum absolute atomic E-state index is 13.2. The van der Waals surface area contributed by atoms with E-state index in [1.807, 2.05) is 0 Å². The number of ether oxygens (including phenoxy) is 3. The zero-order valence-corrected chi connectivity index (χ0v) is 21.2. The molecule has 0 saturated carbocycles. The van der Waals surface area contributed by atoms with Gasteiger partial charge >= 0.3 is 18.1 Å². The Labute approximate surface area is 221 Å². The van der Waals surface area contributed by atoms with Gasteiger partial charge in [0.25, 0.3) is 0 Å². The summed E-state index contributed by atoms with van der Waals surface area (Å²) in [5, 5.41) is 0.874. The Kier molecular flexibility index (Phi) is 7.97. The average Bonchev–Trinajstić information content (AvgIpc) is 3.17. The molecule has 0 amide bonds. The third kappa shape index (κ3) is 5.78. The van der Waals surface area contributed by atoms with Crippen molar-refractivity contribution in [1.29, 1.82) is 0 Å². The molecule has 0 bridgehead atoms. The first kappa shape index (κ1) is 27.1. The van der Waals surface area contributed by atoms with E-state index in [0.717, 1.165) is 12.1 Å². The summed E-state index contributed by atoms with van der Waals surface area (Å²) in [6.45, 7) is 3.61. The van der Waals surface area contributed by atoms with Crippen LogP contribution < -0.4 is 4.74 Å². The molecule has 0 spiro atoms. The smallest absolute Gasteiger partial charge is 0.416 e. The van der Waals surface area contributed by atoms with Gasteiger partial charge in [-0.2, -0.15) is 13.2 Å². The molecule has 0 aliphatic heterocycles. The van der Waals surface area contributed by atoms with E-state index in [1.54, 1.807) is 60.9 Å². The number of carbonyl (C=O) groups is 2. The van der Waals surface area contributed by atoms with E-state index in [4.69, 9.17) is 25.8 Å². The van der Waals surface area contributed by atoms with Crippen LogP contribution in [0.15, 0.2) is 66.7 Å². The van der Waals surface area contributed by atoms with Crippen LogP contribution in [0.1, 0.15) is 35.5 Å². The van der Waals surface area contributed by atoms with E-state index >= 15 is 0 Å². The second-order valence-corrected chi connectivity index (χ2v) is 8.58. The quantitative estimate of drug-likeness (QED) is 0.216. The van der Waals surface area contributed by atoms with Crippen molar-refractivity contribution in [1.82, 2.24) is 4.57 Å². The van der Waals surface area contributed by atoms with Crippen molar-refractivity contribution in [2.45, 2.75) is 26.4 Å². The van der Waals surface area contributed by atoms with E-state index in [1.165, 1.54) is 12.1 Å². The van der Waals surface area contributed by atoms with Crippen molar-refractivity contribution in [2.24, 2.45) is 0 Å². The van der Waals surface area contributed by atoms with E-state index in [2.05, 4.69) is 0 Å². The number of alkyl halides is 3. The van der Waals surface area contributed by atoms with Gasteiger partial charge in [0, 0.05) is 21.8 Å². The topological polar surface area (TPSA) is 66.8 Å². The third-order valence-electron chi connectivity index (χ3n) is 5.62. The first-order chi connectivity index (χ1) is 18.1. The highest BCUT2D eigenvalue weighted by Crippen LogP contribution is 2.36. The van der Waals surface area contributed by atoms with Crippen molar-refractivity contribution in [2.75, 3.05) is 13.2 Å². The Morgan fingerprint density at radius 1 is 0.895 bits per heavy atom. The minimum Gasteiger partial charge on any atom is -0.466 e. The van der Waals surface area contributed by atoms with Gasteiger partial charge in [0.1, 0.15) is 11.5 Å². The Morgan fingerprint density at radius 3 is 2.21 bits per heavy atom. The van der Waals surface area contributed by atoms with Gasteiger partial charge in [0.15, 0.2) is 0 Å². The zero-order chi connectivity index (χ0) is 27.4. The third-order valence-corrected chi connectivity index (χ3v) is 5.85. The van der Waals surface area contributed by atoms with Gasteiger partial charge in [-0.1, -0.05) is 17.7 Å². The molecule has 0 fully saturated rings. The molecule has 198 valence electrons. The van der Waals surface area contributed by atoms with Crippen LogP contribution in [0.4, 0.5) is 13.2 Å². The van der Waals surface area contributed by atoms with Crippen molar-refractivity contribution in [3.05, 3.63) is 88.6 Å². The molecule has 0 radical (unpaired) electrons. The fourth-order valence-corrected chi connectivity index (χ4v) is 4.28. The van der Waals surface area contributed by atoms with Crippen LogP contribution in [0, 0.1) is 0 Å². The molecule has 0 aliphatic carbocycles. The van der Waals surface area contributed by atoms with Gasteiger partial charge in [-0.25, -0.2) is 4.79 Å². The van der Waals surface area contributed by atoms with E-state index in [0.29, 0.717) is 27.3 Å². The summed E-state index contributed by atoms with van der Waals surface area (Å²) in [7, 11) is 0. The lowest BCUT2D eigenvalue weighted by Crippen LogP contribution is -2.15. The average molecular weight is 546 g/mol. The van der Waals surface area contributed by atoms with E-state index in [-0.39, 0.29) is 36.7 Å². The minimum atomic E-state index is -4.47. The number of fused-ring (bicyclic) bond motifs is 1. The number of benzene rings is 3. The molecule has 4 aromatic rings. The molecular formula is C28H23ClF3NO5. The van der Waals surface area contributed by atoms with Crippen molar-refractivity contribution in [3.8, 4) is 17.2 Å². The van der Waals surface area contributed by atoms with Crippen LogP contribution in [0.5, 0.6) is 11.5 Å². The highest BCUT2D eigenvalue weighted by atomic mass is 35.5. The molecule has 0 aliphatic rings. The Hall–Kier alpha value is -3.98. The van der Waals surface area contributed by atoms with Gasteiger partial charge in [-0.15, -0.1) is 0 Å². The van der Waals surface area contributed by atoms with Crippen molar-refractivity contribution in [3.63, 3.8) is 0 Å². The molecule has 10 heteroatoms. The maximum Gasteiger partial charge on any atom is 0.416 e. The molecule has 3 aromatic carbocycles. The number of halogens is 4. The van der Waals surface area contributed by atoms with Gasteiger partial charge in [-0.05, 0) is 74.5 Å². The summed E-state index contributed by atoms with van der Waals surface area (Å²) in [5.74, 6) is -0.737. The molecule has 0 atom stereocenters. The highest BCUT2D eigenvalue weighted by Gasteiger charge is 2.30. The molecule has 1 aromatic heterocycles. The first-order valence-electron chi connectivity index (χ1n) is 11.7. The summed E-state index contributed by atoms with van der Waals surface area (Å²) in [6.07, 6.45) is -4.69. The second kappa shape index (κ2) is 11.2. The van der Waals surface area contributed by atoms with Crippen LogP contribution in [0.3, 0.4) is 0 Å². The monoisotopic (exact) mass is 545 g/mol. The maximum atomic E-state index is 13.2. The molecular weight excluding hydrogens is 523 g/mol. The molecule has 0 saturated heterocycles. The van der Waals surface area contributed by atoms with E-state index < -0.39 is 23.7 Å². The molecule has 0 N–H and O–H groups in total. The Bertz CT molecular complexity index is 1480. The number of hydrogen-bond acceptors (Lipinski definition) is 5. The number of esters is 2. The SMILES string of the molecule is CCOC(=O)Cc1c(C(=O)OCC)c2cc(Oc3ccc(C(F)(F)F)cc3)ccc2n1-c1cccc(Cl)c1.